The summed E-state index contributed by atoms with van der Waals surface area (Å²) in [5.74, 6) is -0.171. The first kappa shape index (κ1) is 10.2. The van der Waals surface area contributed by atoms with Crippen molar-refractivity contribution in [3.05, 3.63) is 11.9 Å². The van der Waals surface area contributed by atoms with Gasteiger partial charge in [-0.25, -0.2) is 0 Å². The van der Waals surface area contributed by atoms with Crippen molar-refractivity contribution >= 4 is 5.78 Å². The molecular weight excluding hydrogens is 192 g/mol. The summed E-state index contributed by atoms with van der Waals surface area (Å²) in [4.78, 5) is 11.1. The number of carbonyl (C=O) groups is 1. The van der Waals surface area contributed by atoms with Crippen LogP contribution >= 0.6 is 0 Å². The van der Waals surface area contributed by atoms with Gasteiger partial charge in [0.05, 0.1) is 12.2 Å². The Kier molecular flexibility index (Phi) is 2.75. The van der Waals surface area contributed by atoms with Gasteiger partial charge in [0.25, 0.3) is 0 Å². The summed E-state index contributed by atoms with van der Waals surface area (Å²) < 4.78 is 1.76. The van der Waals surface area contributed by atoms with Crippen molar-refractivity contribution in [1.29, 1.82) is 0 Å². The molecule has 1 fully saturated rings. The summed E-state index contributed by atoms with van der Waals surface area (Å²) in [6.07, 6.45) is 7.47. The molecule has 0 radical (unpaired) electrons. The molecule has 1 N–H and O–H groups in total. The molecule has 1 aromatic heterocycles. The van der Waals surface area contributed by atoms with Crippen LogP contribution in [-0.2, 0) is 0 Å². The summed E-state index contributed by atoms with van der Waals surface area (Å²) in [5, 5.41) is 13.7. The zero-order valence-electron chi connectivity index (χ0n) is 8.94. The maximum Gasteiger partial charge on any atom is 0.183 e. The number of hydrogen-bond acceptors (Lipinski definition) is 3. The first-order valence-electron chi connectivity index (χ1n) is 5.47. The Bertz CT molecular complexity index is 365. The molecule has 4 nitrogen and oxygen atoms in total. The second-order valence-electron chi connectivity index (χ2n) is 4.19. The van der Waals surface area contributed by atoms with Gasteiger partial charge in [-0.1, -0.05) is 19.3 Å². The minimum absolute atomic E-state index is 0.00748. The molecule has 0 atom stereocenters. The molecule has 0 unspecified atom stereocenters. The van der Waals surface area contributed by atoms with E-state index in [1.54, 1.807) is 10.9 Å². The van der Waals surface area contributed by atoms with Gasteiger partial charge in [0.2, 0.25) is 0 Å². The summed E-state index contributed by atoms with van der Waals surface area (Å²) in [7, 11) is 0. The zero-order valence-corrected chi connectivity index (χ0v) is 8.94. The second kappa shape index (κ2) is 4.04. The van der Waals surface area contributed by atoms with Crippen molar-refractivity contribution in [2.75, 3.05) is 0 Å². The van der Waals surface area contributed by atoms with Crippen molar-refractivity contribution in [3.8, 4) is 5.75 Å². The second-order valence-corrected chi connectivity index (χ2v) is 4.19. The fraction of sp³-hybridized carbons (Fsp3) is 0.636. The van der Waals surface area contributed by atoms with Crippen LogP contribution in [0.2, 0.25) is 0 Å². The van der Waals surface area contributed by atoms with Gasteiger partial charge in [0.1, 0.15) is 0 Å². The molecule has 1 aliphatic carbocycles. The molecule has 82 valence electrons. The average Bonchev–Trinajstić information content (AvgIpc) is 2.62. The van der Waals surface area contributed by atoms with Gasteiger partial charge < -0.3 is 5.11 Å². The van der Waals surface area contributed by atoms with E-state index < -0.39 is 0 Å². The van der Waals surface area contributed by atoms with Crippen molar-refractivity contribution in [2.24, 2.45) is 0 Å². The van der Waals surface area contributed by atoms with E-state index in [0.717, 1.165) is 12.8 Å². The van der Waals surface area contributed by atoms with Gasteiger partial charge in [-0.3, -0.25) is 9.48 Å². The van der Waals surface area contributed by atoms with Crippen LogP contribution in [0.15, 0.2) is 6.20 Å². The summed E-state index contributed by atoms with van der Waals surface area (Å²) in [5.41, 5.74) is 0.195. The quantitative estimate of drug-likeness (QED) is 0.759. The lowest BCUT2D eigenvalue weighted by molar-refractivity contribution is 0.100. The van der Waals surface area contributed by atoms with Crippen LogP contribution in [-0.4, -0.2) is 20.7 Å². The number of aromatic hydroxyl groups is 1. The Balaban J connectivity index is 2.21. The number of aromatic nitrogens is 2. The fourth-order valence-electron chi connectivity index (χ4n) is 2.17. The lowest BCUT2D eigenvalue weighted by atomic mass is 9.96. The van der Waals surface area contributed by atoms with E-state index in [4.69, 9.17) is 0 Å². The highest BCUT2D eigenvalue weighted by molar-refractivity contribution is 5.94. The molecule has 1 heterocycles. The smallest absolute Gasteiger partial charge is 0.183 e. The van der Waals surface area contributed by atoms with Gasteiger partial charge in [-0.15, -0.1) is 0 Å². The predicted molar refractivity (Wildman–Crippen MR) is 56.0 cm³/mol. The maximum atomic E-state index is 11.1. The number of rotatable bonds is 2. The van der Waals surface area contributed by atoms with Gasteiger partial charge in [0, 0.05) is 6.92 Å². The first-order chi connectivity index (χ1) is 7.18. The van der Waals surface area contributed by atoms with E-state index >= 15 is 0 Å². The van der Waals surface area contributed by atoms with E-state index in [1.165, 1.54) is 26.2 Å². The first-order valence-corrected chi connectivity index (χ1v) is 5.47. The van der Waals surface area contributed by atoms with Gasteiger partial charge in [-0.2, -0.15) is 5.10 Å². The van der Waals surface area contributed by atoms with Crippen molar-refractivity contribution in [1.82, 2.24) is 9.78 Å². The molecule has 2 rings (SSSR count). The van der Waals surface area contributed by atoms with Gasteiger partial charge >= 0.3 is 0 Å². The normalized spacial score (nSPS) is 17.9. The maximum absolute atomic E-state index is 11.1. The molecular formula is C11H16N2O2. The Morgan fingerprint density at radius 3 is 2.67 bits per heavy atom. The Labute approximate surface area is 88.9 Å². The van der Waals surface area contributed by atoms with Crippen LogP contribution in [0, 0.1) is 0 Å². The third-order valence-electron chi connectivity index (χ3n) is 2.99. The third kappa shape index (κ3) is 2.03. The predicted octanol–water partition coefficient (Wildman–Crippen LogP) is 2.30. The van der Waals surface area contributed by atoms with Gasteiger partial charge in [0.15, 0.2) is 17.2 Å². The number of Topliss-reactive ketones (excluding diaryl/α,β-unsaturated/α-hetero) is 1. The topological polar surface area (TPSA) is 55.1 Å². The van der Waals surface area contributed by atoms with Crippen molar-refractivity contribution in [3.63, 3.8) is 0 Å². The Hall–Kier alpha value is -1.32. The van der Waals surface area contributed by atoms with Crippen molar-refractivity contribution < 1.29 is 9.90 Å². The highest BCUT2D eigenvalue weighted by Gasteiger charge is 2.19. The summed E-state index contributed by atoms with van der Waals surface area (Å²) in [6, 6.07) is 0.359. The molecule has 0 spiro atoms. The van der Waals surface area contributed by atoms with E-state index in [9.17, 15) is 9.90 Å². The van der Waals surface area contributed by atoms with E-state index in [1.807, 2.05) is 0 Å². The minimum Gasteiger partial charge on any atom is -0.504 e. The molecule has 4 heteroatoms. The third-order valence-corrected chi connectivity index (χ3v) is 2.99. The summed E-state index contributed by atoms with van der Waals surface area (Å²) in [6.45, 7) is 1.42. The van der Waals surface area contributed by atoms with Crippen LogP contribution < -0.4 is 0 Å². The lowest BCUT2D eigenvalue weighted by Gasteiger charge is -2.21. The molecule has 15 heavy (non-hydrogen) atoms. The van der Waals surface area contributed by atoms with Gasteiger partial charge in [-0.05, 0) is 12.8 Å². The Morgan fingerprint density at radius 1 is 1.47 bits per heavy atom. The van der Waals surface area contributed by atoms with Crippen molar-refractivity contribution in [2.45, 2.75) is 45.1 Å². The number of ketones is 1. The average molecular weight is 208 g/mol. The van der Waals surface area contributed by atoms with Crippen LogP contribution in [0.3, 0.4) is 0 Å². The molecule has 0 aliphatic heterocycles. The molecule has 1 aliphatic rings. The molecule has 0 aromatic carbocycles. The zero-order chi connectivity index (χ0) is 10.8. The number of nitrogens with zero attached hydrogens (tertiary/aromatic N) is 2. The minimum atomic E-state index is -0.179. The molecule has 1 aromatic rings. The van der Waals surface area contributed by atoms with Crippen LogP contribution in [0.4, 0.5) is 0 Å². The fourth-order valence-corrected chi connectivity index (χ4v) is 2.17. The standard InChI is InChI=1S/C11H16N2O2/c1-8(14)11-10(15)7-13(12-11)9-5-3-2-4-6-9/h7,9,15H,2-6H2,1H3. The SMILES string of the molecule is CC(=O)c1nn(C2CCCCC2)cc1O. The molecule has 1 saturated carbocycles. The van der Waals surface area contributed by atoms with Crippen LogP contribution in [0.25, 0.3) is 0 Å². The number of hydrogen-bond donors (Lipinski definition) is 1. The number of carbonyl (C=O) groups excluding carboxylic acids is 1. The van der Waals surface area contributed by atoms with Crippen LogP contribution in [0.5, 0.6) is 5.75 Å². The van der Waals surface area contributed by atoms with E-state index in [0.29, 0.717) is 6.04 Å². The van der Waals surface area contributed by atoms with E-state index in [-0.39, 0.29) is 17.2 Å². The monoisotopic (exact) mass is 208 g/mol. The summed E-state index contributed by atoms with van der Waals surface area (Å²) >= 11 is 0. The largest absolute Gasteiger partial charge is 0.504 e. The molecule has 0 saturated heterocycles. The highest BCUT2D eigenvalue weighted by Crippen LogP contribution is 2.29. The highest BCUT2D eigenvalue weighted by atomic mass is 16.3. The lowest BCUT2D eigenvalue weighted by Crippen LogP contribution is -2.13. The van der Waals surface area contributed by atoms with E-state index in [2.05, 4.69) is 5.10 Å². The molecule has 0 bridgehead atoms. The molecule has 0 amide bonds. The Morgan fingerprint density at radius 2 is 2.13 bits per heavy atom. The van der Waals surface area contributed by atoms with Crippen LogP contribution in [0.1, 0.15) is 55.6 Å².